The summed E-state index contributed by atoms with van der Waals surface area (Å²) in [6.07, 6.45) is 0. The normalized spacial score (nSPS) is 11.9. The third-order valence-electron chi connectivity index (χ3n) is 13.8. The number of hydrogen-bond acceptors (Lipinski definition) is 2. The SMILES string of the molecule is c1ccc(-c2ccc3sc4ccc(-c5c6ccccc6c(-c6cccc7oc8cc(-c9c%10ccccc%10c(-c%10ccccc%10)c%10ccccc9%10)ccc8c67)c6ccccc56)cc4c3c2)cc1. The Hall–Kier alpha value is -8.30. The Balaban J connectivity index is 0.972. The molecule has 0 amide bonds. The Morgan fingerprint density at radius 1 is 0.242 bits per heavy atom. The van der Waals surface area contributed by atoms with Crippen LogP contribution >= 0.6 is 11.3 Å². The van der Waals surface area contributed by atoms with E-state index >= 15 is 0 Å². The minimum Gasteiger partial charge on any atom is -0.456 e. The first-order valence-corrected chi connectivity index (χ1v) is 23.5. The molecule has 0 aliphatic heterocycles. The van der Waals surface area contributed by atoms with Crippen LogP contribution in [0, 0.1) is 0 Å². The summed E-state index contributed by atoms with van der Waals surface area (Å²) in [4.78, 5) is 0. The van der Waals surface area contributed by atoms with Crippen molar-refractivity contribution >= 4 is 96.5 Å². The van der Waals surface area contributed by atoms with E-state index in [0.717, 1.165) is 27.5 Å². The number of rotatable bonds is 5. The van der Waals surface area contributed by atoms with Crippen molar-refractivity contribution in [3.8, 4) is 55.6 Å². The van der Waals surface area contributed by atoms with Crippen LogP contribution in [0.3, 0.4) is 0 Å². The maximum absolute atomic E-state index is 6.92. The fraction of sp³-hybridized carbons (Fsp3) is 0. The minimum atomic E-state index is 0.882. The van der Waals surface area contributed by atoms with Gasteiger partial charge in [0.25, 0.3) is 0 Å². The Morgan fingerprint density at radius 2 is 0.667 bits per heavy atom. The molecule has 306 valence electrons. The van der Waals surface area contributed by atoms with Crippen LogP contribution in [0.25, 0.3) is 141 Å². The lowest BCUT2D eigenvalue weighted by molar-refractivity contribution is 0.669. The Kier molecular flexibility index (Phi) is 8.22. The van der Waals surface area contributed by atoms with Gasteiger partial charge < -0.3 is 4.42 Å². The highest BCUT2D eigenvalue weighted by atomic mass is 32.1. The topological polar surface area (TPSA) is 13.1 Å². The van der Waals surface area contributed by atoms with Crippen molar-refractivity contribution in [3.05, 3.63) is 231 Å². The lowest BCUT2D eigenvalue weighted by atomic mass is 9.84. The Bertz CT molecular complexity index is 4160. The Morgan fingerprint density at radius 3 is 1.21 bits per heavy atom. The lowest BCUT2D eigenvalue weighted by Crippen LogP contribution is -1.91. The van der Waals surface area contributed by atoms with E-state index in [1.807, 2.05) is 11.3 Å². The maximum Gasteiger partial charge on any atom is 0.136 e. The van der Waals surface area contributed by atoms with Gasteiger partial charge in [0.15, 0.2) is 0 Å². The molecule has 12 aromatic carbocycles. The standard InChI is InChI=1S/C64H38OS/c1-3-16-39(17-4-1)41-31-34-58-54(36-41)55-37-42(32-35-59(55)66-58)61-48-24-11-13-26-50(48)63(51-27-14-12-25-49(51)61)53-28-15-29-56-64(53)52-33-30-43(38-57(52)65-56)62-46-22-9-7-20-44(46)60(40-18-5-2-6-19-40)45-21-8-10-23-47(45)62/h1-38H. The fourth-order valence-electron chi connectivity index (χ4n) is 11.0. The predicted octanol–water partition coefficient (Wildman–Crippen LogP) is 18.9. The van der Waals surface area contributed by atoms with Crippen LogP contribution in [-0.2, 0) is 0 Å². The van der Waals surface area contributed by atoms with Gasteiger partial charge in [0.2, 0.25) is 0 Å². The molecule has 0 atom stereocenters. The van der Waals surface area contributed by atoms with Crippen molar-refractivity contribution in [2.75, 3.05) is 0 Å². The first-order valence-electron chi connectivity index (χ1n) is 22.7. The van der Waals surface area contributed by atoms with Crippen LogP contribution in [0.2, 0.25) is 0 Å². The third-order valence-corrected chi connectivity index (χ3v) is 15.0. The van der Waals surface area contributed by atoms with Gasteiger partial charge in [-0.15, -0.1) is 11.3 Å². The van der Waals surface area contributed by atoms with Crippen LogP contribution in [0.1, 0.15) is 0 Å². The molecule has 2 heteroatoms. The monoisotopic (exact) mass is 854 g/mol. The van der Waals surface area contributed by atoms with Gasteiger partial charge in [-0.1, -0.05) is 188 Å². The van der Waals surface area contributed by atoms with E-state index in [2.05, 4.69) is 231 Å². The summed E-state index contributed by atoms with van der Waals surface area (Å²) in [5.41, 5.74) is 14.0. The smallest absolute Gasteiger partial charge is 0.136 e. The number of furan rings is 1. The average Bonchev–Trinajstić information content (AvgIpc) is 3.95. The summed E-state index contributed by atoms with van der Waals surface area (Å²) in [7, 11) is 0. The summed E-state index contributed by atoms with van der Waals surface area (Å²) >= 11 is 1.87. The molecule has 2 aromatic heterocycles. The summed E-state index contributed by atoms with van der Waals surface area (Å²) in [5.74, 6) is 0. The van der Waals surface area contributed by atoms with Crippen LogP contribution in [-0.4, -0.2) is 0 Å². The van der Waals surface area contributed by atoms with Crippen molar-refractivity contribution in [2.45, 2.75) is 0 Å². The molecule has 0 aliphatic carbocycles. The van der Waals surface area contributed by atoms with Gasteiger partial charge in [-0.3, -0.25) is 0 Å². The number of thiophene rings is 1. The van der Waals surface area contributed by atoms with E-state index in [9.17, 15) is 0 Å². The van der Waals surface area contributed by atoms with Gasteiger partial charge in [-0.25, -0.2) is 0 Å². The highest BCUT2D eigenvalue weighted by Gasteiger charge is 2.22. The molecule has 1 nitrogen and oxygen atoms in total. The quantitative estimate of drug-likeness (QED) is 0.157. The van der Waals surface area contributed by atoms with Crippen molar-refractivity contribution in [1.29, 1.82) is 0 Å². The highest BCUT2D eigenvalue weighted by Crippen LogP contribution is 2.50. The number of fused-ring (bicyclic) bond motifs is 10. The van der Waals surface area contributed by atoms with E-state index in [4.69, 9.17) is 4.42 Å². The van der Waals surface area contributed by atoms with Gasteiger partial charge in [0.05, 0.1) is 0 Å². The predicted molar refractivity (Wildman–Crippen MR) is 284 cm³/mol. The molecule has 0 N–H and O–H groups in total. The van der Waals surface area contributed by atoms with Crippen LogP contribution < -0.4 is 0 Å². The van der Waals surface area contributed by atoms with E-state index < -0.39 is 0 Å². The zero-order valence-corrected chi connectivity index (χ0v) is 36.6. The van der Waals surface area contributed by atoms with Crippen molar-refractivity contribution in [2.24, 2.45) is 0 Å². The van der Waals surface area contributed by atoms with Crippen LogP contribution in [0.5, 0.6) is 0 Å². The molecule has 0 unspecified atom stereocenters. The van der Waals surface area contributed by atoms with Crippen molar-refractivity contribution in [3.63, 3.8) is 0 Å². The molecule has 2 heterocycles. The zero-order chi connectivity index (χ0) is 43.3. The third kappa shape index (κ3) is 5.59. The molecule has 66 heavy (non-hydrogen) atoms. The highest BCUT2D eigenvalue weighted by molar-refractivity contribution is 7.25. The van der Waals surface area contributed by atoms with Crippen molar-refractivity contribution < 1.29 is 4.42 Å². The van der Waals surface area contributed by atoms with E-state index in [1.165, 1.54) is 113 Å². The molecule has 0 aliphatic rings. The van der Waals surface area contributed by atoms with Crippen LogP contribution in [0.4, 0.5) is 0 Å². The molecule has 0 saturated carbocycles. The number of hydrogen-bond donors (Lipinski definition) is 0. The first kappa shape index (κ1) is 37.1. The first-order chi connectivity index (χ1) is 32.7. The second kappa shape index (κ2) is 14.6. The van der Waals surface area contributed by atoms with Gasteiger partial charge in [0, 0.05) is 30.9 Å². The summed E-state index contributed by atoms with van der Waals surface area (Å²) in [6.45, 7) is 0. The molecule has 0 bridgehead atoms. The molecule has 14 rings (SSSR count). The summed E-state index contributed by atoms with van der Waals surface area (Å²) in [5, 5.41) is 14.7. The van der Waals surface area contributed by atoms with Crippen LogP contribution in [0.15, 0.2) is 235 Å². The second-order valence-electron chi connectivity index (χ2n) is 17.4. The largest absolute Gasteiger partial charge is 0.456 e. The van der Waals surface area contributed by atoms with Gasteiger partial charge in [-0.05, 0) is 141 Å². The second-order valence-corrected chi connectivity index (χ2v) is 18.5. The molecule has 0 fully saturated rings. The zero-order valence-electron chi connectivity index (χ0n) is 35.8. The van der Waals surface area contributed by atoms with E-state index in [0.29, 0.717) is 0 Å². The fourth-order valence-corrected chi connectivity index (χ4v) is 12.1. The molecule has 14 aromatic rings. The van der Waals surface area contributed by atoms with Gasteiger partial charge in [-0.2, -0.15) is 0 Å². The molecular formula is C64H38OS. The summed E-state index contributed by atoms with van der Waals surface area (Å²) < 4.78 is 9.53. The molecular weight excluding hydrogens is 817 g/mol. The van der Waals surface area contributed by atoms with E-state index in [-0.39, 0.29) is 0 Å². The number of benzene rings is 12. The maximum atomic E-state index is 6.92. The summed E-state index contributed by atoms with van der Waals surface area (Å²) in [6, 6.07) is 84.6. The Labute approximate surface area is 385 Å². The molecule has 0 radical (unpaired) electrons. The van der Waals surface area contributed by atoms with Gasteiger partial charge in [0.1, 0.15) is 11.2 Å². The van der Waals surface area contributed by atoms with E-state index in [1.54, 1.807) is 0 Å². The van der Waals surface area contributed by atoms with Crippen molar-refractivity contribution in [1.82, 2.24) is 0 Å². The lowest BCUT2D eigenvalue weighted by Gasteiger charge is -2.18. The van der Waals surface area contributed by atoms with Gasteiger partial charge >= 0.3 is 0 Å². The average molecular weight is 855 g/mol. The molecule has 0 saturated heterocycles. The molecule has 0 spiro atoms. The minimum absolute atomic E-state index is 0.882.